The number of hydrogen-bond donors (Lipinski definition) is 1. The summed E-state index contributed by atoms with van der Waals surface area (Å²) in [5, 5.41) is 7.37. The maximum atomic E-state index is 12.7. The Morgan fingerprint density at radius 1 is 0.973 bits per heavy atom. The van der Waals surface area contributed by atoms with Gasteiger partial charge in [0.2, 0.25) is 0 Å². The smallest absolute Gasteiger partial charge is 0.272 e. The molecule has 1 N–H and O–H groups in total. The molecule has 1 aromatic carbocycles. The highest BCUT2D eigenvalue weighted by atomic mass is 32.2. The summed E-state index contributed by atoms with van der Waals surface area (Å²) in [5.41, 5.74) is 3.46. The Morgan fingerprint density at radius 2 is 1.65 bits per heavy atom. The quantitative estimate of drug-likeness (QED) is 0.633. The van der Waals surface area contributed by atoms with Crippen LogP contribution >= 0.6 is 11.8 Å². The van der Waals surface area contributed by atoms with Gasteiger partial charge < -0.3 is 24.0 Å². The topological polar surface area (TPSA) is 83.2 Å². The lowest BCUT2D eigenvalue weighted by molar-refractivity contribution is 0.0298. The van der Waals surface area contributed by atoms with E-state index in [1.807, 2.05) is 23.1 Å². The number of nitrogens with one attached hydrogen (secondary N) is 1. The van der Waals surface area contributed by atoms with Gasteiger partial charge in [-0.2, -0.15) is 5.10 Å². The zero-order valence-electron chi connectivity index (χ0n) is 21.9. The lowest BCUT2D eigenvalue weighted by Crippen LogP contribution is -2.42. The van der Waals surface area contributed by atoms with Crippen LogP contribution in [0.5, 0.6) is 5.75 Å². The van der Waals surface area contributed by atoms with Crippen molar-refractivity contribution in [1.82, 2.24) is 24.9 Å². The number of rotatable bonds is 5. The molecule has 0 aliphatic carbocycles. The van der Waals surface area contributed by atoms with Crippen molar-refractivity contribution in [2.75, 3.05) is 85.9 Å². The van der Waals surface area contributed by atoms with Crippen molar-refractivity contribution < 1.29 is 19.0 Å². The minimum atomic E-state index is 0.00833. The van der Waals surface area contributed by atoms with Gasteiger partial charge >= 0.3 is 0 Å². The van der Waals surface area contributed by atoms with Crippen molar-refractivity contribution in [3.05, 3.63) is 29.5 Å². The predicted octanol–water partition coefficient (Wildman–Crippen LogP) is 2.97. The molecule has 0 radical (unpaired) electrons. The number of thioether (sulfide) groups is 1. The van der Waals surface area contributed by atoms with Crippen molar-refractivity contribution in [2.24, 2.45) is 0 Å². The third-order valence-electron chi connectivity index (χ3n) is 7.48. The van der Waals surface area contributed by atoms with Crippen LogP contribution in [-0.4, -0.2) is 117 Å². The number of carbonyl (C=O) groups is 1. The zero-order chi connectivity index (χ0) is 25.5. The summed E-state index contributed by atoms with van der Waals surface area (Å²) >= 11 is 1.72. The number of hydrogen-bond acceptors (Lipinski definition) is 8. The Morgan fingerprint density at radius 3 is 2.35 bits per heavy atom. The van der Waals surface area contributed by atoms with Crippen LogP contribution in [0, 0.1) is 0 Å². The van der Waals surface area contributed by atoms with Crippen molar-refractivity contribution in [3.63, 3.8) is 0 Å². The number of nitrogens with zero attached hydrogens (tertiary/aromatic N) is 4. The Hall–Kier alpha value is -2.11. The molecule has 0 unspecified atom stereocenters. The molecule has 4 aliphatic rings. The maximum absolute atomic E-state index is 12.7. The molecule has 10 heteroatoms. The molecular formula is C27H39N5O4S. The summed E-state index contributed by atoms with van der Waals surface area (Å²) in [6.45, 7) is 11.7. The van der Waals surface area contributed by atoms with Gasteiger partial charge in [-0.05, 0) is 44.1 Å². The van der Waals surface area contributed by atoms with Crippen molar-refractivity contribution >= 4 is 17.7 Å². The SMILES string of the molecule is C1CCN(CCN2CCOCC2)CC1.COc1ccc2c(c1)-c1n[nH]c(C(=O)N3CCOCC3)c1CS2. The number of benzene rings is 1. The summed E-state index contributed by atoms with van der Waals surface area (Å²) in [7, 11) is 1.65. The van der Waals surface area contributed by atoms with Gasteiger partial charge in [0, 0.05) is 61.0 Å². The van der Waals surface area contributed by atoms with Crippen LogP contribution in [0.3, 0.4) is 0 Å². The first-order chi connectivity index (χ1) is 18.2. The fourth-order valence-electron chi connectivity index (χ4n) is 5.22. The van der Waals surface area contributed by atoms with E-state index in [0.29, 0.717) is 32.0 Å². The number of morpholine rings is 2. The number of fused-ring (bicyclic) bond motifs is 3. The standard InChI is InChI=1S/C16H17N3O3S.C11H22N2O/c1-21-10-2-3-13-11(8-10)14-12(9-23-13)15(18-17-14)16(20)19-4-6-22-7-5-19;1-2-4-12(5-3-1)6-7-13-8-10-14-11-9-13/h2-3,8H,4-7,9H2,1H3,(H,17,18);1-11H2. The number of amides is 1. The van der Waals surface area contributed by atoms with Crippen LogP contribution in [0.4, 0.5) is 0 Å². The van der Waals surface area contributed by atoms with E-state index in [-0.39, 0.29) is 5.91 Å². The van der Waals surface area contributed by atoms with Gasteiger partial charge in [-0.15, -0.1) is 11.8 Å². The summed E-state index contributed by atoms with van der Waals surface area (Å²) in [6, 6.07) is 5.97. The summed E-state index contributed by atoms with van der Waals surface area (Å²) < 4.78 is 16.0. The average Bonchev–Trinajstić information content (AvgIpc) is 3.42. The molecule has 0 bridgehead atoms. The molecule has 1 aromatic heterocycles. The van der Waals surface area contributed by atoms with E-state index in [1.165, 1.54) is 45.4 Å². The number of piperidine rings is 1. The molecule has 37 heavy (non-hydrogen) atoms. The first-order valence-corrected chi connectivity index (χ1v) is 14.5. The van der Waals surface area contributed by atoms with Crippen LogP contribution in [0.15, 0.2) is 23.1 Å². The van der Waals surface area contributed by atoms with Crippen LogP contribution in [0.2, 0.25) is 0 Å². The zero-order valence-corrected chi connectivity index (χ0v) is 22.7. The van der Waals surface area contributed by atoms with E-state index in [4.69, 9.17) is 14.2 Å². The normalized spacial score (nSPS) is 20.4. The van der Waals surface area contributed by atoms with Gasteiger partial charge in [-0.1, -0.05) is 6.42 Å². The third kappa shape index (κ3) is 6.67. The lowest BCUT2D eigenvalue weighted by atomic mass is 10.1. The minimum absolute atomic E-state index is 0.00833. The number of carbonyl (C=O) groups excluding carboxylic acids is 1. The number of H-pyrrole nitrogens is 1. The summed E-state index contributed by atoms with van der Waals surface area (Å²) in [4.78, 5) is 20.9. The molecule has 5 heterocycles. The fraction of sp³-hybridized carbons (Fsp3) is 0.630. The van der Waals surface area contributed by atoms with E-state index in [9.17, 15) is 4.79 Å². The summed E-state index contributed by atoms with van der Waals surface area (Å²) in [5.74, 6) is 1.55. The molecule has 2 aromatic rings. The van der Waals surface area contributed by atoms with Crippen molar-refractivity contribution in [3.8, 4) is 17.0 Å². The van der Waals surface area contributed by atoms with Crippen molar-refractivity contribution in [1.29, 1.82) is 0 Å². The molecule has 202 valence electrons. The fourth-order valence-corrected chi connectivity index (χ4v) is 6.27. The van der Waals surface area contributed by atoms with Gasteiger partial charge in [0.05, 0.1) is 39.2 Å². The monoisotopic (exact) mass is 529 g/mol. The number of likely N-dealkylation sites (tertiary alicyclic amines) is 1. The number of methoxy groups -OCH3 is 1. The molecule has 0 saturated carbocycles. The molecule has 6 rings (SSSR count). The molecule has 4 aliphatic heterocycles. The van der Waals surface area contributed by atoms with E-state index in [2.05, 4.69) is 20.0 Å². The van der Waals surface area contributed by atoms with Crippen LogP contribution in [-0.2, 0) is 15.2 Å². The summed E-state index contributed by atoms with van der Waals surface area (Å²) in [6.07, 6.45) is 4.25. The highest BCUT2D eigenvalue weighted by Crippen LogP contribution is 2.43. The third-order valence-corrected chi connectivity index (χ3v) is 8.58. The first kappa shape index (κ1) is 26.5. The molecule has 1 amide bonds. The molecule has 3 saturated heterocycles. The van der Waals surface area contributed by atoms with Crippen LogP contribution < -0.4 is 4.74 Å². The molecule has 3 fully saturated rings. The van der Waals surface area contributed by atoms with Crippen LogP contribution in [0.25, 0.3) is 11.3 Å². The molecular weight excluding hydrogens is 490 g/mol. The largest absolute Gasteiger partial charge is 0.497 e. The second-order valence-electron chi connectivity index (χ2n) is 9.84. The van der Waals surface area contributed by atoms with E-state index in [0.717, 1.165) is 59.5 Å². The highest BCUT2D eigenvalue weighted by Gasteiger charge is 2.29. The molecule has 9 nitrogen and oxygen atoms in total. The van der Waals surface area contributed by atoms with Gasteiger partial charge in [-0.3, -0.25) is 14.8 Å². The average molecular weight is 530 g/mol. The molecule has 0 atom stereocenters. The Labute approximate surface area is 223 Å². The number of aromatic nitrogens is 2. The van der Waals surface area contributed by atoms with E-state index >= 15 is 0 Å². The lowest BCUT2D eigenvalue weighted by Gasteiger charge is -2.31. The highest BCUT2D eigenvalue weighted by molar-refractivity contribution is 7.98. The van der Waals surface area contributed by atoms with Gasteiger partial charge in [0.15, 0.2) is 0 Å². The van der Waals surface area contributed by atoms with Gasteiger partial charge in [0.1, 0.15) is 11.4 Å². The van der Waals surface area contributed by atoms with Crippen LogP contribution in [0.1, 0.15) is 35.3 Å². The Kier molecular flexibility index (Phi) is 9.38. The van der Waals surface area contributed by atoms with Crippen molar-refractivity contribution in [2.45, 2.75) is 29.9 Å². The second kappa shape index (κ2) is 13.1. The minimum Gasteiger partial charge on any atom is -0.497 e. The number of ether oxygens (including phenoxy) is 3. The second-order valence-corrected chi connectivity index (χ2v) is 10.9. The Bertz CT molecular complexity index is 1010. The number of aromatic amines is 1. The Balaban J connectivity index is 0.000000171. The van der Waals surface area contributed by atoms with Gasteiger partial charge in [-0.25, -0.2) is 0 Å². The predicted molar refractivity (Wildman–Crippen MR) is 144 cm³/mol. The van der Waals surface area contributed by atoms with E-state index in [1.54, 1.807) is 18.9 Å². The maximum Gasteiger partial charge on any atom is 0.272 e. The first-order valence-electron chi connectivity index (χ1n) is 13.5. The van der Waals surface area contributed by atoms with E-state index < -0.39 is 0 Å². The van der Waals surface area contributed by atoms with Gasteiger partial charge in [0.25, 0.3) is 5.91 Å². The molecule has 0 spiro atoms.